The highest BCUT2D eigenvalue weighted by Crippen LogP contribution is 2.27. The van der Waals surface area contributed by atoms with Crippen LogP contribution >= 0.6 is 11.8 Å². The van der Waals surface area contributed by atoms with Gasteiger partial charge in [0.05, 0.1) is 11.3 Å². The van der Waals surface area contributed by atoms with E-state index in [2.05, 4.69) is 50.9 Å². The van der Waals surface area contributed by atoms with Crippen LogP contribution in [0.4, 0.5) is 11.4 Å². The monoisotopic (exact) mass is 434 g/mol. The Morgan fingerprint density at radius 1 is 1.06 bits per heavy atom. The predicted molar refractivity (Wildman–Crippen MR) is 123 cm³/mol. The number of thioether (sulfide) groups is 1. The zero-order valence-electron chi connectivity index (χ0n) is 17.5. The normalized spacial score (nSPS) is 11.1. The summed E-state index contributed by atoms with van der Waals surface area (Å²) in [6.45, 7) is 3.55. The van der Waals surface area contributed by atoms with Crippen molar-refractivity contribution in [3.05, 3.63) is 48.0 Å². The number of carbonyl (C=O) groups is 2. The molecule has 0 saturated heterocycles. The average molecular weight is 435 g/mol. The number of aromatic nitrogens is 4. The number of carbonyl (C=O) groups excluding carboxylic acids is 2. The Hall–Kier alpha value is -3.46. The number of rotatable bonds is 6. The van der Waals surface area contributed by atoms with Crippen molar-refractivity contribution in [3.63, 3.8) is 0 Å². The molecule has 0 saturated carbocycles. The van der Waals surface area contributed by atoms with Gasteiger partial charge in [0.15, 0.2) is 5.65 Å². The Morgan fingerprint density at radius 2 is 1.84 bits per heavy atom. The van der Waals surface area contributed by atoms with Crippen LogP contribution in [0.5, 0.6) is 0 Å². The first-order valence-electron chi connectivity index (χ1n) is 9.86. The van der Waals surface area contributed by atoms with E-state index in [-0.39, 0.29) is 17.6 Å². The minimum atomic E-state index is -0.196. The van der Waals surface area contributed by atoms with E-state index in [4.69, 9.17) is 0 Å². The molecular weight excluding hydrogens is 412 g/mol. The highest BCUT2D eigenvalue weighted by molar-refractivity contribution is 7.99. The van der Waals surface area contributed by atoms with E-state index in [1.54, 1.807) is 24.3 Å². The van der Waals surface area contributed by atoms with Crippen molar-refractivity contribution in [1.29, 1.82) is 0 Å². The molecule has 2 N–H and O–H groups in total. The number of fused-ring (bicyclic) bond motifs is 3. The summed E-state index contributed by atoms with van der Waals surface area (Å²) >= 11 is 1.22. The molecule has 9 heteroatoms. The molecule has 158 valence electrons. The molecule has 4 rings (SSSR count). The summed E-state index contributed by atoms with van der Waals surface area (Å²) in [6.07, 6.45) is 0.948. The summed E-state index contributed by atoms with van der Waals surface area (Å²) in [6, 6.07) is 13.3. The molecule has 0 aliphatic carbocycles. The second-order valence-electron chi connectivity index (χ2n) is 7.13. The van der Waals surface area contributed by atoms with Gasteiger partial charge < -0.3 is 15.2 Å². The number of nitrogens with one attached hydrogen (secondary N) is 2. The maximum Gasteiger partial charge on any atom is 0.234 e. The fourth-order valence-corrected chi connectivity index (χ4v) is 3.96. The number of hydrogen-bond donors (Lipinski definition) is 2. The Bertz CT molecular complexity index is 1300. The van der Waals surface area contributed by atoms with Gasteiger partial charge in [0, 0.05) is 30.7 Å². The molecule has 0 fully saturated rings. The summed E-state index contributed by atoms with van der Waals surface area (Å²) < 4.78 is 2.00. The van der Waals surface area contributed by atoms with Crippen molar-refractivity contribution < 1.29 is 9.59 Å². The molecule has 2 amide bonds. The maximum atomic E-state index is 12.4. The standard InChI is InChI=1S/C22H22N6O2S/c1-4-14-8-9-18-17(10-14)20-21(28(18)3)25-22(27-26-20)31-12-19(30)24-16-7-5-6-15(11-16)23-13(2)29/h5-11H,4,12H2,1-3H3,(H,23,29)(H,24,30). The molecule has 0 radical (unpaired) electrons. The lowest BCUT2D eigenvalue weighted by atomic mass is 10.1. The fourth-order valence-electron chi connectivity index (χ4n) is 3.38. The Morgan fingerprint density at radius 3 is 2.58 bits per heavy atom. The lowest BCUT2D eigenvalue weighted by Crippen LogP contribution is -2.15. The second-order valence-corrected chi connectivity index (χ2v) is 8.07. The highest BCUT2D eigenvalue weighted by atomic mass is 32.2. The molecular formula is C22H22N6O2S. The molecule has 2 aromatic carbocycles. The zero-order chi connectivity index (χ0) is 22.0. The van der Waals surface area contributed by atoms with Crippen molar-refractivity contribution in [3.8, 4) is 0 Å². The van der Waals surface area contributed by atoms with Crippen molar-refractivity contribution in [1.82, 2.24) is 19.7 Å². The average Bonchev–Trinajstić information content (AvgIpc) is 3.03. The number of anilines is 2. The number of amides is 2. The molecule has 2 heterocycles. The van der Waals surface area contributed by atoms with Crippen LogP contribution in [0.1, 0.15) is 19.4 Å². The molecule has 31 heavy (non-hydrogen) atoms. The maximum absolute atomic E-state index is 12.4. The lowest BCUT2D eigenvalue weighted by molar-refractivity contribution is -0.114. The van der Waals surface area contributed by atoms with Crippen LogP contribution in [0.2, 0.25) is 0 Å². The van der Waals surface area contributed by atoms with Gasteiger partial charge in [0.1, 0.15) is 5.52 Å². The van der Waals surface area contributed by atoms with Crippen LogP contribution in [0.25, 0.3) is 22.1 Å². The zero-order valence-corrected chi connectivity index (χ0v) is 18.3. The number of benzene rings is 2. The number of hydrogen-bond acceptors (Lipinski definition) is 6. The van der Waals surface area contributed by atoms with Gasteiger partial charge in [-0.3, -0.25) is 9.59 Å². The fraction of sp³-hybridized carbons (Fsp3) is 0.227. The van der Waals surface area contributed by atoms with Crippen molar-refractivity contribution in [2.45, 2.75) is 25.4 Å². The third kappa shape index (κ3) is 4.51. The summed E-state index contributed by atoms with van der Waals surface area (Å²) in [5.74, 6) is -0.224. The predicted octanol–water partition coefficient (Wildman–Crippen LogP) is 3.77. The second kappa shape index (κ2) is 8.73. The van der Waals surface area contributed by atoms with Crippen LogP contribution in [0.15, 0.2) is 47.6 Å². The molecule has 4 aromatic rings. The molecule has 0 atom stereocenters. The summed E-state index contributed by atoms with van der Waals surface area (Å²) in [5.41, 5.74) is 5.01. The molecule has 2 aromatic heterocycles. The van der Waals surface area contributed by atoms with Crippen LogP contribution in [-0.2, 0) is 23.1 Å². The third-order valence-corrected chi connectivity index (χ3v) is 5.69. The summed E-state index contributed by atoms with van der Waals surface area (Å²) in [7, 11) is 1.95. The van der Waals surface area contributed by atoms with E-state index < -0.39 is 0 Å². The summed E-state index contributed by atoms with van der Waals surface area (Å²) in [5, 5.41) is 15.6. The van der Waals surface area contributed by atoms with Gasteiger partial charge in [-0.15, -0.1) is 10.2 Å². The van der Waals surface area contributed by atoms with Crippen LogP contribution in [-0.4, -0.2) is 37.3 Å². The first-order chi connectivity index (χ1) is 14.9. The van der Waals surface area contributed by atoms with Gasteiger partial charge in [0.2, 0.25) is 17.0 Å². The van der Waals surface area contributed by atoms with Gasteiger partial charge >= 0.3 is 0 Å². The highest BCUT2D eigenvalue weighted by Gasteiger charge is 2.14. The van der Waals surface area contributed by atoms with Crippen molar-refractivity contribution >= 4 is 57.0 Å². The van der Waals surface area contributed by atoms with Crippen LogP contribution < -0.4 is 10.6 Å². The van der Waals surface area contributed by atoms with Gasteiger partial charge in [-0.1, -0.05) is 30.8 Å². The van der Waals surface area contributed by atoms with Gasteiger partial charge in [-0.05, 0) is 42.3 Å². The Labute approximate surface area is 183 Å². The lowest BCUT2D eigenvalue weighted by Gasteiger charge is -2.07. The minimum absolute atomic E-state index is 0.140. The quantitative estimate of drug-likeness (QED) is 0.448. The van der Waals surface area contributed by atoms with Crippen molar-refractivity contribution in [2.24, 2.45) is 7.05 Å². The molecule has 0 aliphatic heterocycles. The largest absolute Gasteiger partial charge is 0.327 e. The summed E-state index contributed by atoms with van der Waals surface area (Å²) in [4.78, 5) is 28.2. The SMILES string of the molecule is CCc1ccc2c(c1)c1nnc(SCC(=O)Nc3cccc(NC(C)=O)c3)nc1n2C. The number of nitrogens with zero attached hydrogens (tertiary/aromatic N) is 4. The Kier molecular flexibility index (Phi) is 5.85. The van der Waals surface area contributed by atoms with E-state index in [1.807, 2.05) is 11.6 Å². The van der Waals surface area contributed by atoms with Crippen LogP contribution in [0, 0.1) is 0 Å². The van der Waals surface area contributed by atoms with E-state index in [0.29, 0.717) is 16.5 Å². The Balaban J connectivity index is 1.47. The van der Waals surface area contributed by atoms with E-state index in [1.165, 1.54) is 24.2 Å². The van der Waals surface area contributed by atoms with E-state index >= 15 is 0 Å². The van der Waals surface area contributed by atoms with Crippen LogP contribution in [0.3, 0.4) is 0 Å². The smallest absolute Gasteiger partial charge is 0.234 e. The van der Waals surface area contributed by atoms with E-state index in [9.17, 15) is 9.59 Å². The topological polar surface area (TPSA) is 102 Å². The molecule has 0 unspecified atom stereocenters. The molecule has 0 bridgehead atoms. The minimum Gasteiger partial charge on any atom is -0.327 e. The number of aryl methyl sites for hydroxylation is 2. The molecule has 8 nitrogen and oxygen atoms in total. The first kappa shape index (κ1) is 20.8. The van der Waals surface area contributed by atoms with E-state index in [0.717, 1.165) is 28.5 Å². The van der Waals surface area contributed by atoms with Gasteiger partial charge in [-0.25, -0.2) is 4.98 Å². The van der Waals surface area contributed by atoms with Gasteiger partial charge in [-0.2, -0.15) is 0 Å². The van der Waals surface area contributed by atoms with Crippen molar-refractivity contribution in [2.75, 3.05) is 16.4 Å². The third-order valence-electron chi connectivity index (χ3n) is 4.85. The first-order valence-corrected chi connectivity index (χ1v) is 10.8. The molecule has 0 spiro atoms. The molecule has 0 aliphatic rings. The van der Waals surface area contributed by atoms with Gasteiger partial charge in [0.25, 0.3) is 0 Å².